The molecule has 0 aliphatic heterocycles. The first-order valence-corrected chi connectivity index (χ1v) is 9.38. The minimum atomic E-state index is -0.873. The van der Waals surface area contributed by atoms with E-state index in [1.54, 1.807) is 25.1 Å². The number of esters is 1. The molecule has 142 valence electrons. The van der Waals surface area contributed by atoms with Crippen molar-refractivity contribution < 1.29 is 18.7 Å². The molecule has 3 rings (SSSR count). The van der Waals surface area contributed by atoms with E-state index >= 15 is 0 Å². The van der Waals surface area contributed by atoms with Gasteiger partial charge in [0.25, 0.3) is 5.91 Å². The van der Waals surface area contributed by atoms with E-state index in [4.69, 9.17) is 4.74 Å². The van der Waals surface area contributed by atoms with Crippen LogP contribution < -0.4 is 5.32 Å². The van der Waals surface area contributed by atoms with Crippen molar-refractivity contribution in [2.75, 3.05) is 6.54 Å². The van der Waals surface area contributed by atoms with Gasteiger partial charge in [0, 0.05) is 6.54 Å². The molecule has 0 heterocycles. The second-order valence-electron chi connectivity index (χ2n) is 6.91. The summed E-state index contributed by atoms with van der Waals surface area (Å²) in [5.41, 5.74) is 3.91. The number of carbonyl (C=O) groups excluding carboxylic acids is 2. The zero-order chi connectivity index (χ0) is 19.2. The normalized spacial score (nSPS) is 14.1. The summed E-state index contributed by atoms with van der Waals surface area (Å²) in [6.07, 6.45) is 4.07. The molecule has 0 fully saturated rings. The van der Waals surface area contributed by atoms with E-state index < -0.39 is 12.1 Å². The van der Waals surface area contributed by atoms with Crippen molar-refractivity contribution in [2.24, 2.45) is 0 Å². The summed E-state index contributed by atoms with van der Waals surface area (Å²) in [6.45, 7) is 1.95. The number of aryl methyl sites for hydroxylation is 2. The molecule has 1 atom stereocenters. The van der Waals surface area contributed by atoms with E-state index in [0.717, 1.165) is 24.8 Å². The predicted molar refractivity (Wildman–Crippen MR) is 101 cm³/mol. The first-order chi connectivity index (χ1) is 13.0. The van der Waals surface area contributed by atoms with Gasteiger partial charge in [0.15, 0.2) is 6.10 Å². The maximum atomic E-state index is 12.9. The molecule has 0 saturated carbocycles. The molecular weight excluding hydrogens is 345 g/mol. The molecule has 4 nitrogen and oxygen atoms in total. The van der Waals surface area contributed by atoms with Crippen LogP contribution >= 0.6 is 0 Å². The lowest BCUT2D eigenvalue weighted by Crippen LogP contribution is -2.36. The second kappa shape index (κ2) is 8.80. The van der Waals surface area contributed by atoms with Crippen molar-refractivity contribution in [2.45, 2.75) is 45.1 Å². The van der Waals surface area contributed by atoms with Crippen LogP contribution in [0.15, 0.2) is 42.5 Å². The molecule has 0 radical (unpaired) electrons. The highest BCUT2D eigenvalue weighted by Crippen LogP contribution is 2.22. The molecule has 1 aliphatic rings. The summed E-state index contributed by atoms with van der Waals surface area (Å²) in [4.78, 5) is 24.5. The minimum Gasteiger partial charge on any atom is -0.449 e. The average Bonchev–Trinajstić information content (AvgIpc) is 2.69. The number of carbonyl (C=O) groups is 2. The van der Waals surface area contributed by atoms with Gasteiger partial charge in [-0.3, -0.25) is 4.79 Å². The summed E-state index contributed by atoms with van der Waals surface area (Å²) in [6, 6.07) is 11.8. The number of rotatable bonds is 6. The lowest BCUT2D eigenvalue weighted by atomic mass is 9.90. The number of fused-ring (bicyclic) bond motifs is 1. The highest BCUT2D eigenvalue weighted by atomic mass is 19.1. The lowest BCUT2D eigenvalue weighted by Gasteiger charge is -2.17. The standard InChI is InChI=1S/C22H24FNO3/c1-15(21(25)24-13-12-16-6-10-20(23)11-7-16)27-22(26)19-9-8-17-4-2-3-5-18(17)14-19/h6-11,14-15H,2-5,12-13H2,1H3,(H,24,25)/t15-/m1/s1. The molecule has 5 heteroatoms. The Labute approximate surface area is 158 Å². The molecule has 0 unspecified atom stereocenters. The molecule has 2 aromatic rings. The topological polar surface area (TPSA) is 55.4 Å². The smallest absolute Gasteiger partial charge is 0.338 e. The Morgan fingerprint density at radius 1 is 1.07 bits per heavy atom. The van der Waals surface area contributed by atoms with Gasteiger partial charge in [-0.1, -0.05) is 18.2 Å². The molecule has 0 saturated heterocycles. The summed E-state index contributed by atoms with van der Waals surface area (Å²) < 4.78 is 18.2. The summed E-state index contributed by atoms with van der Waals surface area (Å²) in [7, 11) is 0. The lowest BCUT2D eigenvalue weighted by molar-refractivity contribution is -0.129. The third-order valence-electron chi connectivity index (χ3n) is 4.86. The van der Waals surface area contributed by atoms with Crippen molar-refractivity contribution in [3.63, 3.8) is 0 Å². The highest BCUT2D eigenvalue weighted by molar-refractivity contribution is 5.92. The second-order valence-corrected chi connectivity index (χ2v) is 6.91. The molecule has 0 aromatic heterocycles. The molecule has 27 heavy (non-hydrogen) atoms. The van der Waals surface area contributed by atoms with Gasteiger partial charge in [-0.2, -0.15) is 0 Å². The van der Waals surface area contributed by atoms with Crippen LogP contribution in [0, 0.1) is 5.82 Å². The SMILES string of the molecule is C[C@@H](OC(=O)c1ccc2c(c1)CCCC2)C(=O)NCCc1ccc(F)cc1. The van der Waals surface area contributed by atoms with Gasteiger partial charge in [-0.15, -0.1) is 0 Å². The molecule has 1 N–H and O–H groups in total. The fourth-order valence-electron chi connectivity index (χ4n) is 3.27. The predicted octanol–water partition coefficient (Wildman–Crippen LogP) is 3.61. The van der Waals surface area contributed by atoms with Crippen LogP contribution in [0.2, 0.25) is 0 Å². The fourth-order valence-corrected chi connectivity index (χ4v) is 3.27. The summed E-state index contributed by atoms with van der Waals surface area (Å²) >= 11 is 0. The Kier molecular flexibility index (Phi) is 6.22. The number of nitrogens with one attached hydrogen (secondary N) is 1. The van der Waals surface area contributed by atoms with Gasteiger partial charge in [0.05, 0.1) is 5.56 Å². The van der Waals surface area contributed by atoms with Gasteiger partial charge in [-0.25, -0.2) is 9.18 Å². The van der Waals surface area contributed by atoms with Crippen LogP contribution in [0.3, 0.4) is 0 Å². The van der Waals surface area contributed by atoms with Crippen molar-refractivity contribution in [3.05, 3.63) is 70.5 Å². The highest BCUT2D eigenvalue weighted by Gasteiger charge is 2.20. The maximum Gasteiger partial charge on any atom is 0.338 e. The number of ether oxygens (including phenoxy) is 1. The van der Waals surface area contributed by atoms with Crippen LogP contribution in [0.4, 0.5) is 4.39 Å². The van der Waals surface area contributed by atoms with Crippen molar-refractivity contribution in [1.82, 2.24) is 5.32 Å². The third kappa shape index (κ3) is 5.16. The Hall–Kier alpha value is -2.69. The van der Waals surface area contributed by atoms with Crippen LogP contribution in [-0.4, -0.2) is 24.5 Å². The largest absolute Gasteiger partial charge is 0.449 e. The van der Waals surface area contributed by atoms with Gasteiger partial charge in [0.2, 0.25) is 0 Å². The summed E-state index contributed by atoms with van der Waals surface area (Å²) in [5, 5.41) is 2.74. The quantitative estimate of drug-likeness (QED) is 0.792. The number of benzene rings is 2. The van der Waals surface area contributed by atoms with Crippen LogP contribution in [0.25, 0.3) is 0 Å². The van der Waals surface area contributed by atoms with Gasteiger partial charge >= 0.3 is 5.97 Å². The average molecular weight is 369 g/mol. The van der Waals surface area contributed by atoms with E-state index in [0.29, 0.717) is 18.5 Å². The van der Waals surface area contributed by atoms with E-state index in [1.807, 2.05) is 12.1 Å². The van der Waals surface area contributed by atoms with Crippen molar-refractivity contribution >= 4 is 11.9 Å². The molecule has 1 amide bonds. The zero-order valence-electron chi connectivity index (χ0n) is 15.5. The van der Waals surface area contributed by atoms with Gasteiger partial charge in [0.1, 0.15) is 5.82 Å². The Balaban J connectivity index is 1.48. The van der Waals surface area contributed by atoms with Crippen LogP contribution in [0.1, 0.15) is 46.8 Å². The first kappa shape index (κ1) is 19.1. The fraction of sp³-hybridized carbons (Fsp3) is 0.364. The van der Waals surface area contributed by atoms with E-state index in [9.17, 15) is 14.0 Å². The monoisotopic (exact) mass is 369 g/mol. The first-order valence-electron chi connectivity index (χ1n) is 9.38. The van der Waals surface area contributed by atoms with Crippen molar-refractivity contribution in [3.8, 4) is 0 Å². The third-order valence-corrected chi connectivity index (χ3v) is 4.86. The Morgan fingerprint density at radius 2 is 1.78 bits per heavy atom. The number of hydrogen-bond acceptors (Lipinski definition) is 3. The minimum absolute atomic E-state index is 0.287. The summed E-state index contributed by atoms with van der Waals surface area (Å²) in [5.74, 6) is -1.11. The van der Waals surface area contributed by atoms with E-state index in [1.165, 1.54) is 29.7 Å². The maximum absolute atomic E-state index is 12.9. The number of halogens is 1. The Bertz CT molecular complexity index is 817. The van der Waals surface area contributed by atoms with Crippen LogP contribution in [-0.2, 0) is 28.8 Å². The van der Waals surface area contributed by atoms with Crippen molar-refractivity contribution in [1.29, 1.82) is 0 Å². The van der Waals surface area contributed by atoms with Gasteiger partial charge < -0.3 is 10.1 Å². The Morgan fingerprint density at radius 3 is 2.52 bits per heavy atom. The van der Waals surface area contributed by atoms with E-state index in [2.05, 4.69) is 5.32 Å². The molecule has 0 spiro atoms. The zero-order valence-corrected chi connectivity index (χ0v) is 15.5. The number of amides is 1. The molecule has 2 aromatic carbocycles. The molecule has 1 aliphatic carbocycles. The van der Waals surface area contributed by atoms with Gasteiger partial charge in [-0.05, 0) is 80.0 Å². The molecule has 0 bridgehead atoms. The molecular formula is C22H24FNO3. The number of hydrogen-bond donors (Lipinski definition) is 1. The van der Waals surface area contributed by atoms with Crippen LogP contribution in [0.5, 0.6) is 0 Å². The van der Waals surface area contributed by atoms with E-state index in [-0.39, 0.29) is 11.7 Å².